The first-order chi connectivity index (χ1) is 5.59. The Morgan fingerprint density at radius 1 is 1.58 bits per heavy atom. The molecule has 3 heteroatoms. The van der Waals surface area contributed by atoms with Crippen molar-refractivity contribution in [1.82, 2.24) is 0 Å². The van der Waals surface area contributed by atoms with E-state index in [1.165, 1.54) is 12.1 Å². The number of aliphatic hydroxyl groups is 1. The van der Waals surface area contributed by atoms with Crippen LogP contribution in [-0.2, 0) is 6.42 Å². The van der Waals surface area contributed by atoms with Gasteiger partial charge in [-0.25, -0.2) is 4.39 Å². The van der Waals surface area contributed by atoms with Gasteiger partial charge in [0.15, 0.2) is 0 Å². The molecule has 0 unspecified atom stereocenters. The zero-order valence-electron chi connectivity index (χ0n) is 6.72. The van der Waals surface area contributed by atoms with Crippen molar-refractivity contribution in [3.63, 3.8) is 0 Å². The Hall–Kier alpha value is -0.600. The van der Waals surface area contributed by atoms with Crippen molar-refractivity contribution < 1.29 is 9.50 Å². The maximum Gasteiger partial charge on any atom is 0.124 e. The first kappa shape index (κ1) is 9.49. The van der Waals surface area contributed by atoms with Crippen molar-refractivity contribution in [2.75, 3.05) is 0 Å². The van der Waals surface area contributed by atoms with E-state index < -0.39 is 6.10 Å². The molecule has 1 aromatic carbocycles. The first-order valence-corrected chi connectivity index (χ1v) is 4.09. The van der Waals surface area contributed by atoms with E-state index in [9.17, 15) is 4.39 Å². The van der Waals surface area contributed by atoms with Crippen molar-refractivity contribution in [1.29, 1.82) is 0 Å². The maximum atomic E-state index is 12.5. The minimum Gasteiger partial charge on any atom is -0.393 e. The van der Waals surface area contributed by atoms with E-state index in [4.69, 9.17) is 16.7 Å². The molecular weight excluding hydrogens is 179 g/mol. The molecule has 0 spiro atoms. The molecule has 12 heavy (non-hydrogen) atoms. The number of halogens is 2. The van der Waals surface area contributed by atoms with Crippen LogP contribution in [-0.4, -0.2) is 11.2 Å². The third kappa shape index (κ3) is 2.47. The summed E-state index contributed by atoms with van der Waals surface area (Å²) in [4.78, 5) is 0. The minimum absolute atomic E-state index is 0.352. The van der Waals surface area contributed by atoms with Gasteiger partial charge in [0.05, 0.1) is 6.10 Å². The third-order valence-corrected chi connectivity index (χ3v) is 1.88. The lowest BCUT2D eigenvalue weighted by Crippen LogP contribution is -2.04. The summed E-state index contributed by atoms with van der Waals surface area (Å²) < 4.78 is 12.5. The molecule has 0 aliphatic rings. The second-order valence-electron chi connectivity index (χ2n) is 2.79. The topological polar surface area (TPSA) is 20.2 Å². The van der Waals surface area contributed by atoms with Gasteiger partial charge in [-0.1, -0.05) is 17.7 Å². The summed E-state index contributed by atoms with van der Waals surface area (Å²) in [6.45, 7) is 1.67. The molecule has 0 saturated heterocycles. The van der Waals surface area contributed by atoms with Gasteiger partial charge in [0.2, 0.25) is 0 Å². The predicted molar refractivity (Wildman–Crippen MR) is 46.8 cm³/mol. The lowest BCUT2D eigenvalue weighted by molar-refractivity contribution is 0.195. The second kappa shape index (κ2) is 3.87. The lowest BCUT2D eigenvalue weighted by atomic mass is 10.1. The Morgan fingerprint density at radius 3 is 2.75 bits per heavy atom. The molecule has 0 fully saturated rings. The van der Waals surface area contributed by atoms with Crippen LogP contribution in [0.5, 0.6) is 0 Å². The first-order valence-electron chi connectivity index (χ1n) is 3.71. The van der Waals surface area contributed by atoms with Crippen LogP contribution in [0.2, 0.25) is 5.02 Å². The molecule has 0 bridgehead atoms. The number of aliphatic hydroxyl groups excluding tert-OH is 1. The molecule has 0 amide bonds. The number of hydrogen-bond donors (Lipinski definition) is 1. The summed E-state index contributed by atoms with van der Waals surface area (Å²) in [5.41, 5.74) is 0.771. The summed E-state index contributed by atoms with van der Waals surface area (Å²) in [7, 11) is 0. The molecule has 0 aliphatic carbocycles. The molecule has 0 aliphatic heterocycles. The summed E-state index contributed by atoms with van der Waals surface area (Å²) in [6, 6.07) is 4.17. The molecule has 1 nitrogen and oxygen atoms in total. The van der Waals surface area contributed by atoms with Crippen molar-refractivity contribution >= 4 is 11.6 Å². The van der Waals surface area contributed by atoms with Gasteiger partial charge in [0.25, 0.3) is 0 Å². The molecule has 1 N–H and O–H groups in total. The SMILES string of the molecule is C[C@@H](O)Cc1ccc(F)cc1Cl. The predicted octanol–water partition coefficient (Wildman–Crippen LogP) is 2.40. The van der Waals surface area contributed by atoms with Gasteiger partial charge in [-0.2, -0.15) is 0 Å². The Bertz CT molecular complexity index is 273. The molecule has 0 aromatic heterocycles. The molecule has 0 heterocycles. The van der Waals surface area contributed by atoms with Crippen LogP contribution >= 0.6 is 11.6 Å². The highest BCUT2D eigenvalue weighted by atomic mass is 35.5. The summed E-state index contributed by atoms with van der Waals surface area (Å²) in [5.74, 6) is -0.352. The van der Waals surface area contributed by atoms with Crippen molar-refractivity contribution in [2.24, 2.45) is 0 Å². The van der Waals surface area contributed by atoms with Gasteiger partial charge in [-0.05, 0) is 31.0 Å². The second-order valence-corrected chi connectivity index (χ2v) is 3.20. The fourth-order valence-electron chi connectivity index (χ4n) is 1.01. The number of benzene rings is 1. The quantitative estimate of drug-likeness (QED) is 0.756. The van der Waals surface area contributed by atoms with E-state index in [1.807, 2.05) is 0 Å². The Morgan fingerprint density at radius 2 is 2.25 bits per heavy atom. The third-order valence-electron chi connectivity index (χ3n) is 1.53. The molecule has 1 atom stereocenters. The summed E-state index contributed by atoms with van der Waals surface area (Å²) in [6.07, 6.45) is 0.00649. The van der Waals surface area contributed by atoms with E-state index in [1.54, 1.807) is 13.0 Å². The fourth-order valence-corrected chi connectivity index (χ4v) is 1.25. The van der Waals surface area contributed by atoms with E-state index >= 15 is 0 Å². The van der Waals surface area contributed by atoms with Gasteiger partial charge in [-0.15, -0.1) is 0 Å². The lowest BCUT2D eigenvalue weighted by Gasteiger charge is -2.05. The van der Waals surface area contributed by atoms with Crippen molar-refractivity contribution in [3.8, 4) is 0 Å². The van der Waals surface area contributed by atoms with Crippen LogP contribution in [0.25, 0.3) is 0 Å². The van der Waals surface area contributed by atoms with Gasteiger partial charge in [-0.3, -0.25) is 0 Å². The van der Waals surface area contributed by atoms with Gasteiger partial charge in [0, 0.05) is 5.02 Å². The summed E-state index contributed by atoms with van der Waals surface area (Å²) in [5, 5.41) is 9.42. The Balaban J connectivity index is 2.86. The van der Waals surface area contributed by atoms with Gasteiger partial charge in [0.1, 0.15) is 5.82 Å². The molecule has 0 saturated carbocycles. The zero-order chi connectivity index (χ0) is 9.14. The number of rotatable bonds is 2. The van der Waals surface area contributed by atoms with Crippen LogP contribution < -0.4 is 0 Å². The van der Waals surface area contributed by atoms with Crippen LogP contribution in [0.1, 0.15) is 12.5 Å². The average Bonchev–Trinajstić information content (AvgIpc) is 1.94. The van der Waals surface area contributed by atoms with E-state index in [0.29, 0.717) is 11.4 Å². The van der Waals surface area contributed by atoms with Gasteiger partial charge < -0.3 is 5.11 Å². The highest BCUT2D eigenvalue weighted by Crippen LogP contribution is 2.18. The molecule has 0 radical (unpaired) electrons. The zero-order valence-corrected chi connectivity index (χ0v) is 7.48. The van der Waals surface area contributed by atoms with E-state index in [2.05, 4.69) is 0 Å². The smallest absolute Gasteiger partial charge is 0.124 e. The highest BCUT2D eigenvalue weighted by molar-refractivity contribution is 6.31. The van der Waals surface area contributed by atoms with Crippen LogP contribution in [0, 0.1) is 5.82 Å². The van der Waals surface area contributed by atoms with E-state index in [-0.39, 0.29) is 5.82 Å². The van der Waals surface area contributed by atoms with Crippen LogP contribution in [0.15, 0.2) is 18.2 Å². The average molecular weight is 189 g/mol. The normalized spacial score (nSPS) is 13.0. The molecule has 1 rings (SSSR count). The number of hydrogen-bond acceptors (Lipinski definition) is 1. The monoisotopic (exact) mass is 188 g/mol. The Kier molecular flexibility index (Phi) is 3.06. The largest absolute Gasteiger partial charge is 0.393 e. The Labute approximate surface area is 75.8 Å². The molecule has 66 valence electrons. The fraction of sp³-hybridized carbons (Fsp3) is 0.333. The van der Waals surface area contributed by atoms with E-state index in [0.717, 1.165) is 5.56 Å². The summed E-state index contributed by atoms with van der Waals surface area (Å²) >= 11 is 5.72. The van der Waals surface area contributed by atoms with Gasteiger partial charge >= 0.3 is 0 Å². The standard InChI is InChI=1S/C9H10ClFO/c1-6(12)4-7-2-3-8(11)5-9(7)10/h2-3,5-6,12H,4H2,1H3/t6-/m1/s1. The van der Waals surface area contributed by atoms with Crippen molar-refractivity contribution in [3.05, 3.63) is 34.6 Å². The molecule has 1 aromatic rings. The van der Waals surface area contributed by atoms with Crippen LogP contribution in [0.4, 0.5) is 4.39 Å². The maximum absolute atomic E-state index is 12.5. The van der Waals surface area contributed by atoms with Crippen LogP contribution in [0.3, 0.4) is 0 Å². The highest BCUT2D eigenvalue weighted by Gasteiger charge is 2.04. The minimum atomic E-state index is -0.451. The molecular formula is C9H10ClFO. The van der Waals surface area contributed by atoms with Crippen molar-refractivity contribution in [2.45, 2.75) is 19.4 Å².